The lowest BCUT2D eigenvalue weighted by molar-refractivity contribution is 0.102. The number of amides is 1. The molecule has 0 radical (unpaired) electrons. The number of rotatable bonds is 8. The molecule has 0 aliphatic rings. The fourth-order valence-electron chi connectivity index (χ4n) is 2.89. The van der Waals surface area contributed by atoms with Crippen LogP contribution in [0.15, 0.2) is 29.2 Å². The molecule has 148 valence electrons. The van der Waals surface area contributed by atoms with Crippen molar-refractivity contribution in [3.8, 4) is 0 Å². The van der Waals surface area contributed by atoms with Crippen molar-refractivity contribution >= 4 is 38.6 Å². The Balaban J connectivity index is 2.44. The third-order valence-electron chi connectivity index (χ3n) is 4.24. The molecule has 0 spiro atoms. The Labute approximate surface area is 165 Å². The second-order valence-electron chi connectivity index (χ2n) is 6.11. The molecule has 0 aliphatic heterocycles. The highest BCUT2D eigenvalue weighted by molar-refractivity contribution is 7.89. The van der Waals surface area contributed by atoms with Crippen LogP contribution in [0.5, 0.6) is 0 Å². The number of nitrogens with zero attached hydrogens (tertiary/aromatic N) is 1. The second kappa shape index (κ2) is 8.86. The Morgan fingerprint density at radius 1 is 1.07 bits per heavy atom. The van der Waals surface area contributed by atoms with Crippen molar-refractivity contribution in [2.45, 2.75) is 39.5 Å². The Kier molecular flexibility index (Phi) is 7.02. The summed E-state index contributed by atoms with van der Waals surface area (Å²) in [7, 11) is -3.60. The fourth-order valence-corrected chi connectivity index (χ4v) is 5.30. The van der Waals surface area contributed by atoms with E-state index in [4.69, 9.17) is 0 Å². The van der Waals surface area contributed by atoms with E-state index in [0.717, 1.165) is 9.75 Å². The van der Waals surface area contributed by atoms with E-state index in [-0.39, 0.29) is 10.8 Å². The molecular formula is C19H27N3O3S2. The lowest BCUT2D eigenvalue weighted by Crippen LogP contribution is -2.30. The van der Waals surface area contributed by atoms with E-state index in [2.05, 4.69) is 10.6 Å². The van der Waals surface area contributed by atoms with Crippen LogP contribution in [-0.2, 0) is 10.0 Å². The van der Waals surface area contributed by atoms with Crippen molar-refractivity contribution in [3.05, 3.63) is 39.6 Å². The van der Waals surface area contributed by atoms with Gasteiger partial charge in [0.15, 0.2) is 0 Å². The Morgan fingerprint density at radius 2 is 1.74 bits per heavy atom. The number of sulfonamides is 1. The predicted molar refractivity (Wildman–Crippen MR) is 112 cm³/mol. The van der Waals surface area contributed by atoms with Crippen molar-refractivity contribution in [2.75, 3.05) is 30.3 Å². The van der Waals surface area contributed by atoms with E-state index in [9.17, 15) is 13.2 Å². The van der Waals surface area contributed by atoms with Crippen LogP contribution in [0.4, 0.5) is 11.4 Å². The van der Waals surface area contributed by atoms with Crippen LogP contribution in [-0.4, -0.2) is 38.3 Å². The highest BCUT2D eigenvalue weighted by Gasteiger charge is 2.23. The van der Waals surface area contributed by atoms with Crippen molar-refractivity contribution in [1.82, 2.24) is 4.31 Å². The first-order chi connectivity index (χ1) is 12.7. The number of nitrogens with one attached hydrogen (secondary N) is 2. The van der Waals surface area contributed by atoms with Crippen LogP contribution in [0.3, 0.4) is 0 Å². The van der Waals surface area contributed by atoms with Crippen molar-refractivity contribution < 1.29 is 13.2 Å². The van der Waals surface area contributed by atoms with Crippen LogP contribution in [0.1, 0.15) is 40.9 Å². The molecule has 2 N–H and O–H groups in total. The highest BCUT2D eigenvalue weighted by Crippen LogP contribution is 2.29. The number of carbonyl (C=O) groups is 1. The summed E-state index contributed by atoms with van der Waals surface area (Å²) in [4.78, 5) is 14.9. The van der Waals surface area contributed by atoms with Crippen LogP contribution in [0.25, 0.3) is 0 Å². The molecule has 27 heavy (non-hydrogen) atoms. The molecule has 0 atom stereocenters. The third-order valence-corrected chi connectivity index (χ3v) is 7.25. The van der Waals surface area contributed by atoms with E-state index in [1.54, 1.807) is 37.3 Å². The van der Waals surface area contributed by atoms with Crippen molar-refractivity contribution in [1.29, 1.82) is 0 Å². The minimum absolute atomic E-state index is 0.168. The van der Waals surface area contributed by atoms with Crippen molar-refractivity contribution in [3.63, 3.8) is 0 Å². The average molecular weight is 410 g/mol. The maximum atomic E-state index is 12.8. The molecule has 2 rings (SSSR count). The molecule has 1 aromatic heterocycles. The molecule has 0 fully saturated rings. The molecule has 0 aliphatic carbocycles. The van der Waals surface area contributed by atoms with Gasteiger partial charge in [-0.1, -0.05) is 13.8 Å². The molecule has 0 unspecified atom stereocenters. The van der Waals surface area contributed by atoms with E-state index in [1.807, 2.05) is 26.8 Å². The molecular weight excluding hydrogens is 382 g/mol. The maximum Gasteiger partial charge on any atom is 0.256 e. The van der Waals surface area contributed by atoms with Gasteiger partial charge >= 0.3 is 0 Å². The monoisotopic (exact) mass is 409 g/mol. The summed E-state index contributed by atoms with van der Waals surface area (Å²) in [6, 6.07) is 6.64. The van der Waals surface area contributed by atoms with Gasteiger partial charge in [0.2, 0.25) is 10.0 Å². The average Bonchev–Trinajstić information content (AvgIpc) is 2.95. The van der Waals surface area contributed by atoms with Gasteiger partial charge in [0.25, 0.3) is 5.91 Å². The summed E-state index contributed by atoms with van der Waals surface area (Å²) in [5.74, 6) is -0.242. The Morgan fingerprint density at radius 3 is 2.26 bits per heavy atom. The normalized spacial score (nSPS) is 11.6. The van der Waals surface area contributed by atoms with Crippen molar-refractivity contribution in [2.24, 2.45) is 0 Å². The van der Waals surface area contributed by atoms with Gasteiger partial charge in [-0.3, -0.25) is 4.79 Å². The summed E-state index contributed by atoms with van der Waals surface area (Å²) < 4.78 is 27.0. The van der Waals surface area contributed by atoms with E-state index in [0.29, 0.717) is 36.6 Å². The van der Waals surface area contributed by atoms with Gasteiger partial charge in [0.05, 0.1) is 21.8 Å². The molecule has 0 saturated heterocycles. The molecule has 6 nitrogen and oxygen atoms in total. The first kappa shape index (κ1) is 21.4. The first-order valence-corrected chi connectivity index (χ1v) is 11.3. The summed E-state index contributed by atoms with van der Waals surface area (Å²) >= 11 is 1.56. The summed E-state index contributed by atoms with van der Waals surface area (Å²) in [6.45, 7) is 10.8. The standard InChI is InChI=1S/C19H27N3O3S2/c1-6-20-17-10-9-15(27(24,25)22(7-2)8-3)12-18(17)21-19(23)16-11-13(4)26-14(16)5/h9-12,20H,6-8H2,1-5H3,(H,21,23). The SMILES string of the molecule is CCNc1ccc(S(=O)(=O)N(CC)CC)cc1NC(=O)c1cc(C)sc1C. The van der Waals surface area contributed by atoms with Gasteiger partial charge in [0, 0.05) is 29.4 Å². The molecule has 0 bridgehead atoms. The van der Waals surface area contributed by atoms with E-state index in [1.165, 1.54) is 10.4 Å². The van der Waals surface area contributed by atoms with Crippen LogP contribution in [0.2, 0.25) is 0 Å². The Bertz CT molecular complexity index is 916. The predicted octanol–water partition coefficient (Wildman–Crippen LogP) is 4.08. The summed E-state index contributed by atoms with van der Waals surface area (Å²) in [5.41, 5.74) is 1.75. The topological polar surface area (TPSA) is 78.5 Å². The third kappa shape index (κ3) is 4.69. The first-order valence-electron chi connectivity index (χ1n) is 9.01. The quantitative estimate of drug-likeness (QED) is 0.689. The van der Waals surface area contributed by atoms with Crippen LogP contribution in [0, 0.1) is 13.8 Å². The zero-order valence-electron chi connectivity index (χ0n) is 16.4. The number of anilines is 2. The lowest BCUT2D eigenvalue weighted by atomic mass is 10.2. The number of thiophene rings is 1. The second-order valence-corrected chi connectivity index (χ2v) is 9.51. The molecule has 1 amide bonds. The summed E-state index contributed by atoms with van der Waals surface area (Å²) in [6.07, 6.45) is 0. The zero-order chi connectivity index (χ0) is 20.2. The minimum atomic E-state index is -3.60. The van der Waals surface area contributed by atoms with Gasteiger partial charge in [-0.05, 0) is 45.0 Å². The van der Waals surface area contributed by atoms with E-state index < -0.39 is 10.0 Å². The molecule has 1 aromatic carbocycles. The Hall–Kier alpha value is -1.90. The molecule has 8 heteroatoms. The molecule has 2 aromatic rings. The van der Waals surface area contributed by atoms with Gasteiger partial charge in [-0.25, -0.2) is 8.42 Å². The number of aryl methyl sites for hydroxylation is 2. The highest BCUT2D eigenvalue weighted by atomic mass is 32.2. The van der Waals surface area contributed by atoms with Gasteiger partial charge in [-0.15, -0.1) is 11.3 Å². The maximum absolute atomic E-state index is 12.8. The van der Waals surface area contributed by atoms with Gasteiger partial charge < -0.3 is 10.6 Å². The molecule has 1 heterocycles. The number of benzene rings is 1. The van der Waals surface area contributed by atoms with E-state index >= 15 is 0 Å². The largest absolute Gasteiger partial charge is 0.384 e. The minimum Gasteiger partial charge on any atom is -0.384 e. The fraction of sp³-hybridized carbons (Fsp3) is 0.421. The lowest BCUT2D eigenvalue weighted by Gasteiger charge is -2.20. The summed E-state index contributed by atoms with van der Waals surface area (Å²) in [5, 5.41) is 6.04. The van der Waals surface area contributed by atoms with Crippen LogP contribution >= 0.6 is 11.3 Å². The van der Waals surface area contributed by atoms with Gasteiger partial charge in [-0.2, -0.15) is 4.31 Å². The number of hydrogen-bond acceptors (Lipinski definition) is 5. The van der Waals surface area contributed by atoms with Gasteiger partial charge in [0.1, 0.15) is 0 Å². The number of hydrogen-bond donors (Lipinski definition) is 2. The van der Waals surface area contributed by atoms with Crippen LogP contribution < -0.4 is 10.6 Å². The zero-order valence-corrected chi connectivity index (χ0v) is 18.1. The number of carbonyl (C=O) groups excluding carboxylic acids is 1. The smallest absolute Gasteiger partial charge is 0.256 e. The molecule has 0 saturated carbocycles.